The number of methoxy groups -OCH3 is 1. The molecule has 0 radical (unpaired) electrons. The summed E-state index contributed by atoms with van der Waals surface area (Å²) in [6.07, 6.45) is 1.50. The molecule has 0 saturated heterocycles. The summed E-state index contributed by atoms with van der Waals surface area (Å²) in [5.41, 5.74) is 1.12. The van der Waals surface area contributed by atoms with Gasteiger partial charge in [-0.25, -0.2) is 4.98 Å². The zero-order valence-corrected chi connectivity index (χ0v) is 11.7. The number of hydrogen-bond acceptors (Lipinski definition) is 8. The van der Waals surface area contributed by atoms with Gasteiger partial charge in [0.1, 0.15) is 17.4 Å². The molecule has 3 rings (SSSR count). The highest BCUT2D eigenvalue weighted by molar-refractivity contribution is 7.22. The van der Waals surface area contributed by atoms with Gasteiger partial charge in [-0.1, -0.05) is 11.3 Å². The summed E-state index contributed by atoms with van der Waals surface area (Å²) in [5.74, 6) is 1.01. The Hall–Kier alpha value is -2.99. The Morgan fingerprint density at radius 2 is 2.43 bits per heavy atom. The van der Waals surface area contributed by atoms with Gasteiger partial charge in [0, 0.05) is 6.20 Å². The van der Waals surface area contributed by atoms with Gasteiger partial charge in [-0.2, -0.15) is 10.5 Å². The van der Waals surface area contributed by atoms with E-state index in [1.165, 1.54) is 17.5 Å². The lowest BCUT2D eigenvalue weighted by molar-refractivity contribution is 0.415. The number of aromatic amines is 1. The van der Waals surface area contributed by atoms with Crippen LogP contribution in [0.15, 0.2) is 24.4 Å². The lowest BCUT2D eigenvalue weighted by Crippen LogP contribution is -1.92. The number of thiazole rings is 1. The highest BCUT2D eigenvalue weighted by Gasteiger charge is 2.07. The molecular formula is C12H9N7OS. The number of anilines is 1. The van der Waals surface area contributed by atoms with Crippen molar-refractivity contribution in [2.24, 2.45) is 0 Å². The van der Waals surface area contributed by atoms with E-state index in [2.05, 4.69) is 30.9 Å². The second-order valence-electron chi connectivity index (χ2n) is 3.90. The van der Waals surface area contributed by atoms with E-state index < -0.39 is 0 Å². The van der Waals surface area contributed by atoms with Crippen LogP contribution in [-0.4, -0.2) is 32.7 Å². The van der Waals surface area contributed by atoms with Crippen LogP contribution >= 0.6 is 11.3 Å². The lowest BCUT2D eigenvalue weighted by atomic mass is 10.3. The number of nitrogens with zero attached hydrogens (tertiary/aromatic N) is 5. The number of tetrazole rings is 1. The van der Waals surface area contributed by atoms with Gasteiger partial charge in [0.15, 0.2) is 5.13 Å². The largest absolute Gasteiger partial charge is 0.497 e. The number of allylic oxidation sites excluding steroid dienone is 1. The van der Waals surface area contributed by atoms with Gasteiger partial charge in [-0.05, 0) is 23.4 Å². The Morgan fingerprint density at radius 1 is 1.52 bits per heavy atom. The summed E-state index contributed by atoms with van der Waals surface area (Å²) in [7, 11) is 1.62. The first-order valence-electron chi connectivity index (χ1n) is 5.85. The van der Waals surface area contributed by atoms with E-state index in [0.717, 1.165) is 16.0 Å². The zero-order chi connectivity index (χ0) is 14.7. The molecular weight excluding hydrogens is 290 g/mol. The van der Waals surface area contributed by atoms with Gasteiger partial charge in [-0.15, -0.1) is 10.2 Å². The standard InChI is InChI=1S/C12H9N7OS/c1-20-8-2-3-9-10(4-8)21-12(15-9)14-6-7(5-13)11-16-18-19-17-11/h2-4,6H,1H3,(H,14,15)(H,16,17,18,19)/b7-6+. The van der Waals surface area contributed by atoms with Crippen molar-refractivity contribution in [3.63, 3.8) is 0 Å². The molecule has 2 heterocycles. The van der Waals surface area contributed by atoms with Crippen LogP contribution < -0.4 is 10.1 Å². The Balaban J connectivity index is 1.86. The summed E-state index contributed by atoms with van der Waals surface area (Å²) in [6.45, 7) is 0. The van der Waals surface area contributed by atoms with Crippen molar-refractivity contribution in [3.05, 3.63) is 30.2 Å². The van der Waals surface area contributed by atoms with Crippen LogP contribution in [0.3, 0.4) is 0 Å². The maximum Gasteiger partial charge on any atom is 0.216 e. The van der Waals surface area contributed by atoms with Crippen molar-refractivity contribution < 1.29 is 4.74 Å². The smallest absolute Gasteiger partial charge is 0.216 e. The first kappa shape index (κ1) is 13.0. The van der Waals surface area contributed by atoms with E-state index in [4.69, 9.17) is 10.00 Å². The molecule has 0 amide bonds. The average molecular weight is 299 g/mol. The minimum atomic E-state index is 0.229. The third kappa shape index (κ3) is 2.65. The van der Waals surface area contributed by atoms with Gasteiger partial charge in [0.25, 0.3) is 0 Å². The van der Waals surface area contributed by atoms with Crippen LogP contribution in [-0.2, 0) is 0 Å². The van der Waals surface area contributed by atoms with E-state index in [0.29, 0.717) is 5.13 Å². The molecule has 0 fully saturated rings. The predicted molar refractivity (Wildman–Crippen MR) is 77.6 cm³/mol. The first-order chi connectivity index (χ1) is 10.3. The van der Waals surface area contributed by atoms with Crippen molar-refractivity contribution in [2.75, 3.05) is 12.4 Å². The van der Waals surface area contributed by atoms with Crippen LogP contribution in [0.2, 0.25) is 0 Å². The van der Waals surface area contributed by atoms with E-state index in [-0.39, 0.29) is 11.4 Å². The maximum absolute atomic E-state index is 9.07. The van der Waals surface area contributed by atoms with Crippen molar-refractivity contribution in [1.29, 1.82) is 5.26 Å². The maximum atomic E-state index is 9.07. The molecule has 2 aromatic heterocycles. The van der Waals surface area contributed by atoms with Crippen LogP contribution in [0.4, 0.5) is 5.13 Å². The summed E-state index contributed by atoms with van der Waals surface area (Å²) < 4.78 is 6.16. The molecule has 0 aliphatic heterocycles. The van der Waals surface area contributed by atoms with Gasteiger partial charge in [0.2, 0.25) is 5.82 Å². The van der Waals surface area contributed by atoms with Crippen LogP contribution in [0, 0.1) is 11.3 Å². The molecule has 0 bridgehead atoms. The second-order valence-corrected chi connectivity index (χ2v) is 4.93. The Bertz CT molecular complexity index is 831. The molecule has 0 spiro atoms. The SMILES string of the molecule is COc1ccc2nc(N/C=C(\C#N)c3nn[nH]n3)sc2c1. The number of benzene rings is 1. The van der Waals surface area contributed by atoms with Gasteiger partial charge >= 0.3 is 0 Å². The first-order valence-corrected chi connectivity index (χ1v) is 6.67. The third-order valence-electron chi connectivity index (χ3n) is 2.64. The Kier molecular flexibility index (Phi) is 3.44. The average Bonchev–Trinajstić information content (AvgIpc) is 3.16. The molecule has 0 saturated carbocycles. The molecule has 0 aliphatic carbocycles. The van der Waals surface area contributed by atoms with Crippen molar-refractivity contribution in [2.45, 2.75) is 0 Å². The van der Waals surface area contributed by atoms with Gasteiger partial charge in [0.05, 0.1) is 17.3 Å². The Labute approximate surface area is 123 Å². The molecule has 9 heteroatoms. The van der Waals surface area contributed by atoms with Gasteiger partial charge in [-0.3, -0.25) is 0 Å². The minimum absolute atomic E-state index is 0.229. The predicted octanol–water partition coefficient (Wildman–Crippen LogP) is 1.79. The molecule has 0 atom stereocenters. The molecule has 0 unspecified atom stereocenters. The highest BCUT2D eigenvalue weighted by Crippen LogP contribution is 2.29. The molecule has 3 aromatic rings. The number of hydrogen-bond donors (Lipinski definition) is 2. The highest BCUT2D eigenvalue weighted by atomic mass is 32.1. The number of aromatic nitrogens is 5. The second kappa shape index (κ2) is 5.56. The monoisotopic (exact) mass is 299 g/mol. The van der Waals surface area contributed by atoms with Crippen molar-refractivity contribution in [1.82, 2.24) is 25.6 Å². The molecule has 0 aliphatic rings. The molecule has 8 nitrogen and oxygen atoms in total. The van der Waals surface area contributed by atoms with Crippen LogP contribution in [0.25, 0.3) is 15.8 Å². The Morgan fingerprint density at radius 3 is 3.14 bits per heavy atom. The van der Waals surface area contributed by atoms with E-state index in [9.17, 15) is 0 Å². The van der Waals surface area contributed by atoms with Crippen LogP contribution in [0.1, 0.15) is 5.82 Å². The fourth-order valence-electron chi connectivity index (χ4n) is 1.65. The molecule has 104 valence electrons. The number of H-pyrrole nitrogens is 1. The van der Waals surface area contributed by atoms with Crippen molar-refractivity contribution in [3.8, 4) is 11.8 Å². The quantitative estimate of drug-likeness (QED) is 0.706. The van der Waals surface area contributed by atoms with Crippen molar-refractivity contribution >= 4 is 32.3 Å². The normalized spacial score (nSPS) is 11.3. The topological polar surface area (TPSA) is 112 Å². The zero-order valence-electron chi connectivity index (χ0n) is 10.9. The number of nitriles is 1. The molecule has 21 heavy (non-hydrogen) atoms. The summed E-state index contributed by atoms with van der Waals surface area (Å²) >= 11 is 1.46. The summed E-state index contributed by atoms with van der Waals surface area (Å²) in [4.78, 5) is 4.41. The third-order valence-corrected chi connectivity index (χ3v) is 3.59. The molecule has 2 N–H and O–H groups in total. The van der Waals surface area contributed by atoms with E-state index in [1.54, 1.807) is 7.11 Å². The van der Waals surface area contributed by atoms with Crippen LogP contribution in [0.5, 0.6) is 5.75 Å². The fraction of sp³-hybridized carbons (Fsp3) is 0.0833. The summed E-state index contributed by atoms with van der Waals surface area (Å²) in [5, 5.41) is 25.9. The van der Waals surface area contributed by atoms with Gasteiger partial charge < -0.3 is 10.1 Å². The lowest BCUT2D eigenvalue weighted by Gasteiger charge is -1.96. The number of rotatable bonds is 4. The number of ether oxygens (including phenoxy) is 1. The molecule has 1 aromatic carbocycles. The number of nitrogens with one attached hydrogen (secondary N) is 2. The summed E-state index contributed by atoms with van der Waals surface area (Å²) in [6, 6.07) is 7.63. The van der Waals surface area contributed by atoms with E-state index in [1.807, 2.05) is 24.3 Å². The van der Waals surface area contributed by atoms with E-state index >= 15 is 0 Å². The minimum Gasteiger partial charge on any atom is -0.497 e. The number of fused-ring (bicyclic) bond motifs is 1. The fourth-order valence-corrected chi connectivity index (χ4v) is 2.51.